The maximum Gasteiger partial charge on any atom is 0.0552 e. The molecule has 4 fully saturated rings. The second kappa shape index (κ2) is 9.89. The topological polar surface area (TPSA) is 0 Å². The summed E-state index contributed by atoms with van der Waals surface area (Å²) in [4.78, 5) is 0. The van der Waals surface area contributed by atoms with Crippen LogP contribution in [0.3, 0.4) is 0 Å². The number of hydrogen-bond acceptors (Lipinski definition) is 0. The lowest BCUT2D eigenvalue weighted by atomic mass is 9.62. The molecule has 0 radical (unpaired) electrons. The summed E-state index contributed by atoms with van der Waals surface area (Å²) in [6, 6.07) is 18.8. The Morgan fingerprint density at radius 1 is 0.641 bits per heavy atom. The average Bonchev–Trinajstić information content (AvgIpc) is 3.33. The largest absolute Gasteiger partial charge is 0.0689 e. The molecule has 0 saturated heterocycles. The molecule has 0 aromatic heterocycles. The van der Waals surface area contributed by atoms with Crippen molar-refractivity contribution in [2.24, 2.45) is 34.5 Å². The van der Waals surface area contributed by atoms with Gasteiger partial charge >= 0.3 is 0 Å². The lowest BCUT2D eigenvalue weighted by molar-refractivity contribution is 0.111. The van der Waals surface area contributed by atoms with Gasteiger partial charge < -0.3 is 0 Å². The fraction of sp³-hybridized carbons (Fsp3) is 0.684. The van der Waals surface area contributed by atoms with Gasteiger partial charge in [-0.25, -0.2) is 0 Å². The number of benzene rings is 2. The lowest BCUT2D eigenvalue weighted by Gasteiger charge is -2.56. The van der Waals surface area contributed by atoms with Gasteiger partial charge in [0.15, 0.2) is 0 Å². The second-order valence-electron chi connectivity index (χ2n) is 16.1. The highest BCUT2D eigenvalue weighted by atomic mass is 28.3. The summed E-state index contributed by atoms with van der Waals surface area (Å²) in [5.41, 5.74) is 9.34. The zero-order valence-corrected chi connectivity index (χ0v) is 27.4. The molecule has 4 saturated carbocycles. The first kappa shape index (κ1) is 27.8. The molecule has 2 aromatic rings. The van der Waals surface area contributed by atoms with Gasteiger partial charge in [0.05, 0.1) is 8.07 Å². The maximum absolute atomic E-state index is 2.89. The maximum atomic E-state index is 2.89. The van der Waals surface area contributed by atoms with Crippen molar-refractivity contribution in [2.45, 2.75) is 129 Å². The quantitative estimate of drug-likeness (QED) is 0.338. The van der Waals surface area contributed by atoms with Gasteiger partial charge in [-0.05, 0) is 132 Å². The van der Waals surface area contributed by atoms with Gasteiger partial charge in [0.2, 0.25) is 0 Å². The van der Waals surface area contributed by atoms with E-state index in [1.807, 2.05) is 0 Å². The first-order valence-corrected chi connectivity index (χ1v) is 19.8. The van der Waals surface area contributed by atoms with Crippen LogP contribution in [-0.4, -0.2) is 8.07 Å². The van der Waals surface area contributed by atoms with Crippen LogP contribution in [0.1, 0.15) is 113 Å². The molecule has 1 heteroatoms. The zero-order valence-electron chi connectivity index (χ0n) is 26.4. The molecule has 0 aliphatic heterocycles. The van der Waals surface area contributed by atoms with Crippen LogP contribution in [0.5, 0.6) is 0 Å². The predicted octanol–water partition coefficient (Wildman–Crippen LogP) is 11.3. The molecule has 10 atom stereocenters. The Labute approximate surface area is 241 Å². The van der Waals surface area contributed by atoms with Gasteiger partial charge in [0, 0.05) is 0 Å². The van der Waals surface area contributed by atoms with Gasteiger partial charge in [-0.15, -0.1) is 0 Å². The Bertz CT molecular complexity index is 1100. The van der Waals surface area contributed by atoms with Crippen molar-refractivity contribution in [1.29, 1.82) is 0 Å². The number of fused-ring (bicyclic) bond motifs is 2. The minimum atomic E-state index is -1.61. The SMILES string of the molecule is Cc1ccccc1C1CCCC2(C)C1CC(C)C2[Si](C)(C)C1C(C)CC2C(c3ccccc3C)CCCC21C. The lowest BCUT2D eigenvalue weighted by Crippen LogP contribution is -2.53. The molecule has 4 aliphatic rings. The van der Waals surface area contributed by atoms with Crippen LogP contribution in [0.2, 0.25) is 24.2 Å². The van der Waals surface area contributed by atoms with E-state index in [1.54, 1.807) is 11.1 Å². The van der Waals surface area contributed by atoms with Crippen LogP contribution in [0, 0.1) is 48.3 Å². The Hall–Kier alpha value is -1.34. The smallest absolute Gasteiger partial charge is 0.0552 e. The molecule has 10 unspecified atom stereocenters. The summed E-state index contributed by atoms with van der Waals surface area (Å²) in [5.74, 6) is 5.02. The Morgan fingerprint density at radius 3 is 1.41 bits per heavy atom. The van der Waals surface area contributed by atoms with Gasteiger partial charge in [0.25, 0.3) is 0 Å². The molecule has 0 N–H and O–H groups in total. The van der Waals surface area contributed by atoms with E-state index in [4.69, 9.17) is 0 Å². The van der Waals surface area contributed by atoms with E-state index in [1.165, 1.54) is 62.5 Å². The van der Waals surface area contributed by atoms with E-state index in [9.17, 15) is 0 Å². The van der Waals surface area contributed by atoms with Crippen molar-refractivity contribution in [1.82, 2.24) is 0 Å². The predicted molar refractivity (Wildman–Crippen MR) is 171 cm³/mol. The summed E-state index contributed by atoms with van der Waals surface area (Å²) in [7, 11) is -1.61. The fourth-order valence-electron chi connectivity index (χ4n) is 13.2. The zero-order chi connectivity index (χ0) is 27.7. The van der Waals surface area contributed by atoms with E-state index in [0.29, 0.717) is 10.8 Å². The Balaban J connectivity index is 1.36. The van der Waals surface area contributed by atoms with Crippen LogP contribution in [0.25, 0.3) is 0 Å². The minimum absolute atomic E-state index is 0.512. The van der Waals surface area contributed by atoms with Crippen molar-refractivity contribution in [3.05, 3.63) is 70.8 Å². The molecule has 212 valence electrons. The van der Waals surface area contributed by atoms with Crippen LogP contribution in [-0.2, 0) is 0 Å². The van der Waals surface area contributed by atoms with Crippen LogP contribution < -0.4 is 0 Å². The first-order chi connectivity index (χ1) is 18.5. The highest BCUT2D eigenvalue weighted by Gasteiger charge is 2.66. The molecule has 0 bridgehead atoms. The number of rotatable bonds is 4. The number of aryl methyl sites for hydroxylation is 2. The summed E-state index contributed by atoms with van der Waals surface area (Å²) in [5, 5.41) is 0. The van der Waals surface area contributed by atoms with Crippen LogP contribution in [0.4, 0.5) is 0 Å². The van der Waals surface area contributed by atoms with Crippen molar-refractivity contribution in [3.63, 3.8) is 0 Å². The minimum Gasteiger partial charge on any atom is -0.0689 e. The fourth-order valence-corrected chi connectivity index (χ4v) is 20.9. The number of hydrogen-bond donors (Lipinski definition) is 0. The van der Waals surface area contributed by atoms with Crippen molar-refractivity contribution in [3.8, 4) is 0 Å². The highest BCUT2D eigenvalue weighted by molar-refractivity contribution is 6.80. The molecule has 2 aromatic carbocycles. The summed E-state index contributed by atoms with van der Waals surface area (Å²) >= 11 is 0. The average molecular weight is 541 g/mol. The Kier molecular flexibility index (Phi) is 7.05. The standard InChI is InChI=1S/C38H56Si/c1-25-15-9-11-17-29(25)31-19-13-21-37(5)33(31)23-27(3)35(37)39(7,8)36-28(4)24-34-32(20-14-22-38(34,36)6)30-18-12-10-16-26(30)2/h9-12,15-18,27-28,31-36H,13-14,19-24H2,1-8H3. The van der Waals surface area contributed by atoms with Crippen molar-refractivity contribution < 1.29 is 0 Å². The Morgan fingerprint density at radius 2 is 1.03 bits per heavy atom. The summed E-state index contributed by atoms with van der Waals surface area (Å²) in [6.45, 7) is 21.5. The highest BCUT2D eigenvalue weighted by Crippen LogP contribution is 2.74. The van der Waals surface area contributed by atoms with E-state index < -0.39 is 8.07 Å². The summed E-state index contributed by atoms with van der Waals surface area (Å²) < 4.78 is 0. The van der Waals surface area contributed by atoms with Crippen LogP contribution >= 0.6 is 0 Å². The third-order valence-electron chi connectivity index (χ3n) is 13.7. The van der Waals surface area contributed by atoms with Crippen molar-refractivity contribution in [2.75, 3.05) is 0 Å². The van der Waals surface area contributed by atoms with Gasteiger partial charge in [0.1, 0.15) is 0 Å². The van der Waals surface area contributed by atoms with Crippen LogP contribution in [0.15, 0.2) is 48.5 Å². The molecular weight excluding hydrogens is 485 g/mol. The van der Waals surface area contributed by atoms with E-state index >= 15 is 0 Å². The molecular formula is C38H56Si. The summed E-state index contributed by atoms with van der Waals surface area (Å²) in [6.07, 6.45) is 11.5. The third kappa shape index (κ3) is 4.18. The van der Waals surface area contributed by atoms with Gasteiger partial charge in [-0.1, -0.05) is 102 Å². The second-order valence-corrected chi connectivity index (χ2v) is 21.0. The van der Waals surface area contributed by atoms with E-state index in [2.05, 4.69) is 103 Å². The van der Waals surface area contributed by atoms with E-state index in [-0.39, 0.29) is 0 Å². The molecule has 0 amide bonds. The first-order valence-electron chi connectivity index (χ1n) is 16.6. The molecule has 0 nitrogen and oxygen atoms in total. The van der Waals surface area contributed by atoms with Gasteiger partial charge in [-0.3, -0.25) is 0 Å². The van der Waals surface area contributed by atoms with Crippen molar-refractivity contribution >= 4 is 8.07 Å². The monoisotopic (exact) mass is 540 g/mol. The normalized spacial score (nSPS) is 42.3. The molecule has 39 heavy (non-hydrogen) atoms. The molecule has 6 rings (SSSR count). The molecule has 0 spiro atoms. The third-order valence-corrected chi connectivity index (χ3v) is 19.4. The van der Waals surface area contributed by atoms with Gasteiger partial charge in [-0.2, -0.15) is 0 Å². The molecule has 4 aliphatic carbocycles. The van der Waals surface area contributed by atoms with E-state index in [0.717, 1.165) is 46.6 Å². The molecule has 0 heterocycles.